The first-order valence-corrected chi connectivity index (χ1v) is 15.8. The number of alkyl halides is 3. The molecule has 2 fully saturated rings. The molecule has 2 saturated heterocycles. The summed E-state index contributed by atoms with van der Waals surface area (Å²) in [5.74, 6) is -0.248. The fourth-order valence-corrected chi connectivity index (χ4v) is 5.52. The monoisotopic (exact) mass is 667 g/mol. The Bertz CT molecular complexity index is 1630. The number of amides is 3. The highest BCUT2D eigenvalue weighted by Crippen LogP contribution is 2.35. The van der Waals surface area contributed by atoms with E-state index in [0.717, 1.165) is 23.4 Å². The minimum atomic E-state index is -4.55. The molecule has 1 atom stereocenters. The Balaban J connectivity index is 1.23. The van der Waals surface area contributed by atoms with Gasteiger partial charge in [-0.15, -0.1) is 0 Å². The van der Waals surface area contributed by atoms with Gasteiger partial charge in [0.05, 0.1) is 48.2 Å². The number of halogens is 3. The van der Waals surface area contributed by atoms with Crippen LogP contribution in [0.1, 0.15) is 60.8 Å². The number of carbonyl (C=O) groups excluding carboxylic acids is 3. The van der Waals surface area contributed by atoms with E-state index in [9.17, 15) is 27.6 Å². The molecule has 0 radical (unpaired) electrons. The second-order valence-electron chi connectivity index (χ2n) is 13.0. The summed E-state index contributed by atoms with van der Waals surface area (Å²) in [4.78, 5) is 46.2. The van der Waals surface area contributed by atoms with Crippen LogP contribution in [0.15, 0.2) is 60.9 Å². The van der Waals surface area contributed by atoms with Crippen molar-refractivity contribution in [1.82, 2.24) is 20.5 Å². The molecule has 256 valence electrons. The Morgan fingerprint density at radius 3 is 2.27 bits per heavy atom. The smallest absolute Gasteiger partial charge is 0.416 e. The number of carbonyl (C=O) groups is 3. The van der Waals surface area contributed by atoms with E-state index in [2.05, 4.69) is 20.5 Å². The lowest BCUT2D eigenvalue weighted by atomic mass is 9.95. The highest BCUT2D eigenvalue weighted by Gasteiger charge is 2.33. The average molecular weight is 668 g/mol. The van der Waals surface area contributed by atoms with E-state index < -0.39 is 29.5 Å². The van der Waals surface area contributed by atoms with Gasteiger partial charge in [0, 0.05) is 38.9 Å². The molecular formula is C35H40F3N5O5. The number of ether oxygens (including phenoxy) is 2. The van der Waals surface area contributed by atoms with Gasteiger partial charge >= 0.3 is 12.3 Å². The average Bonchev–Trinajstić information content (AvgIpc) is 3.02. The fraction of sp³-hybridized carbons (Fsp3) is 0.429. The Labute approximate surface area is 277 Å². The number of alkyl carbamates (subject to hydrolysis) is 1. The number of piperazine rings is 1. The molecule has 13 heteroatoms. The van der Waals surface area contributed by atoms with Crippen LogP contribution in [0.4, 0.5) is 23.7 Å². The molecule has 3 heterocycles. The van der Waals surface area contributed by atoms with Crippen molar-refractivity contribution < 1.29 is 37.0 Å². The first-order valence-electron chi connectivity index (χ1n) is 15.8. The zero-order valence-corrected chi connectivity index (χ0v) is 27.4. The van der Waals surface area contributed by atoms with E-state index >= 15 is 0 Å². The van der Waals surface area contributed by atoms with E-state index in [1.807, 2.05) is 11.8 Å². The molecule has 0 saturated carbocycles. The summed E-state index contributed by atoms with van der Waals surface area (Å²) in [6, 6.07) is 11.6. The van der Waals surface area contributed by atoms with Crippen molar-refractivity contribution in [2.24, 2.45) is 5.92 Å². The van der Waals surface area contributed by atoms with E-state index in [4.69, 9.17) is 9.47 Å². The van der Waals surface area contributed by atoms with E-state index in [1.165, 1.54) is 12.3 Å². The summed E-state index contributed by atoms with van der Waals surface area (Å²) < 4.78 is 51.2. The van der Waals surface area contributed by atoms with Crippen molar-refractivity contribution in [3.63, 3.8) is 0 Å². The maximum atomic E-state index is 13.6. The topological polar surface area (TPSA) is 113 Å². The lowest BCUT2D eigenvalue weighted by Crippen LogP contribution is -2.53. The number of rotatable bonds is 8. The molecule has 2 N–H and O–H groups in total. The SMILES string of the molecule is C[C@@H](NC(=O)c1cncc(N2CCN(C(=O)C3COC3)CC2)c1)c1ccc(-c2cc(C(F)(F)F)ccc2CNC(=O)OC(C)(C)C)cc1. The third-order valence-electron chi connectivity index (χ3n) is 8.26. The van der Waals surface area contributed by atoms with Crippen molar-refractivity contribution in [2.75, 3.05) is 44.3 Å². The quantitative estimate of drug-likeness (QED) is 0.323. The van der Waals surface area contributed by atoms with Crippen LogP contribution in [0, 0.1) is 5.92 Å². The van der Waals surface area contributed by atoms with Gasteiger partial charge in [0.25, 0.3) is 5.91 Å². The Morgan fingerprint density at radius 2 is 1.67 bits per heavy atom. The normalized spacial score (nSPS) is 16.1. The first-order chi connectivity index (χ1) is 22.7. The predicted molar refractivity (Wildman–Crippen MR) is 173 cm³/mol. The summed E-state index contributed by atoms with van der Waals surface area (Å²) in [5, 5.41) is 5.58. The largest absolute Gasteiger partial charge is 0.444 e. The molecular weight excluding hydrogens is 627 g/mol. The van der Waals surface area contributed by atoms with Crippen LogP contribution in [0.2, 0.25) is 0 Å². The van der Waals surface area contributed by atoms with Gasteiger partial charge in [-0.1, -0.05) is 30.3 Å². The van der Waals surface area contributed by atoms with Crippen LogP contribution in [0.25, 0.3) is 11.1 Å². The lowest BCUT2D eigenvalue weighted by Gasteiger charge is -2.39. The number of nitrogens with one attached hydrogen (secondary N) is 2. The zero-order valence-electron chi connectivity index (χ0n) is 27.4. The maximum absolute atomic E-state index is 13.6. The van der Waals surface area contributed by atoms with Gasteiger partial charge in [-0.05, 0) is 68.1 Å². The van der Waals surface area contributed by atoms with Crippen molar-refractivity contribution in [3.05, 3.63) is 83.2 Å². The fourth-order valence-electron chi connectivity index (χ4n) is 5.52. The van der Waals surface area contributed by atoms with Crippen LogP contribution in [-0.2, 0) is 27.0 Å². The Hall–Kier alpha value is -4.65. The molecule has 3 aromatic rings. The second kappa shape index (κ2) is 14.2. The number of nitrogens with zero attached hydrogens (tertiary/aromatic N) is 3. The maximum Gasteiger partial charge on any atom is 0.416 e. The van der Waals surface area contributed by atoms with Crippen molar-refractivity contribution >= 4 is 23.6 Å². The van der Waals surface area contributed by atoms with Crippen LogP contribution in [0.3, 0.4) is 0 Å². The number of benzene rings is 2. The van der Waals surface area contributed by atoms with Gasteiger partial charge in [0.1, 0.15) is 5.60 Å². The summed E-state index contributed by atoms with van der Waals surface area (Å²) in [7, 11) is 0. The summed E-state index contributed by atoms with van der Waals surface area (Å²) in [6.45, 7) is 10.3. The molecule has 0 unspecified atom stereocenters. The minimum absolute atomic E-state index is 0.0343. The summed E-state index contributed by atoms with van der Waals surface area (Å²) >= 11 is 0. The number of aromatic nitrogens is 1. The van der Waals surface area contributed by atoms with Crippen LogP contribution >= 0.6 is 0 Å². The van der Waals surface area contributed by atoms with Gasteiger partial charge in [-0.25, -0.2) is 4.79 Å². The van der Waals surface area contributed by atoms with Crippen molar-refractivity contribution in [3.8, 4) is 11.1 Å². The zero-order chi connectivity index (χ0) is 34.6. The highest BCUT2D eigenvalue weighted by molar-refractivity contribution is 5.95. The minimum Gasteiger partial charge on any atom is -0.444 e. The molecule has 0 aliphatic carbocycles. The predicted octanol–water partition coefficient (Wildman–Crippen LogP) is 5.58. The second-order valence-corrected chi connectivity index (χ2v) is 13.0. The highest BCUT2D eigenvalue weighted by atomic mass is 19.4. The third kappa shape index (κ3) is 8.62. The molecule has 2 aliphatic rings. The molecule has 0 spiro atoms. The Morgan fingerprint density at radius 1 is 0.979 bits per heavy atom. The van der Waals surface area contributed by atoms with Gasteiger partial charge in [0.2, 0.25) is 5.91 Å². The first kappa shape index (κ1) is 34.7. The van der Waals surface area contributed by atoms with Gasteiger partial charge in [-0.3, -0.25) is 14.6 Å². The Kier molecular flexibility index (Phi) is 10.3. The van der Waals surface area contributed by atoms with Gasteiger partial charge < -0.3 is 29.9 Å². The molecule has 1 aromatic heterocycles. The van der Waals surface area contributed by atoms with E-state index in [0.29, 0.717) is 61.6 Å². The van der Waals surface area contributed by atoms with Crippen molar-refractivity contribution in [2.45, 2.75) is 52.1 Å². The molecule has 48 heavy (non-hydrogen) atoms. The molecule has 2 aliphatic heterocycles. The van der Waals surface area contributed by atoms with Crippen LogP contribution < -0.4 is 15.5 Å². The van der Waals surface area contributed by atoms with Crippen molar-refractivity contribution in [1.29, 1.82) is 0 Å². The molecule has 0 bridgehead atoms. The molecule has 10 nitrogen and oxygen atoms in total. The summed E-state index contributed by atoms with van der Waals surface area (Å²) in [5.41, 5.74) is 1.70. The van der Waals surface area contributed by atoms with E-state index in [1.54, 1.807) is 57.3 Å². The van der Waals surface area contributed by atoms with Gasteiger partial charge in [-0.2, -0.15) is 13.2 Å². The van der Waals surface area contributed by atoms with Crippen LogP contribution in [-0.4, -0.2) is 72.8 Å². The number of hydrogen-bond acceptors (Lipinski definition) is 7. The van der Waals surface area contributed by atoms with Gasteiger partial charge in [0.15, 0.2) is 0 Å². The number of hydrogen-bond donors (Lipinski definition) is 2. The third-order valence-corrected chi connectivity index (χ3v) is 8.26. The van der Waals surface area contributed by atoms with Crippen LogP contribution in [0.5, 0.6) is 0 Å². The molecule has 5 rings (SSSR count). The van der Waals surface area contributed by atoms with E-state index in [-0.39, 0.29) is 24.3 Å². The number of pyridine rings is 1. The standard InChI is InChI=1S/C35H40F3N5O5/c1-22(41-31(44)26-15-29(19-39-17-26)42-11-13-43(14-12-42)32(45)27-20-47-21-27)23-5-7-24(8-6-23)30-16-28(35(36,37)38)10-9-25(30)18-40-33(46)48-34(2,3)4/h5-10,15-17,19,22,27H,11-14,18,20-21H2,1-4H3,(H,40,46)(H,41,44)/t22-/m1/s1. The lowest BCUT2D eigenvalue weighted by molar-refractivity contribution is -0.150. The summed E-state index contributed by atoms with van der Waals surface area (Å²) in [6.07, 6.45) is -2.04. The number of anilines is 1. The molecule has 3 amide bonds. The molecule has 2 aromatic carbocycles.